The zero-order valence-electron chi connectivity index (χ0n) is 27.6. The second-order valence-electron chi connectivity index (χ2n) is 15.2. The van der Waals surface area contributed by atoms with Gasteiger partial charge in [0, 0.05) is 13.0 Å². The Morgan fingerprint density at radius 3 is 2.49 bits per heavy atom. The minimum absolute atomic E-state index is 0.0335. The molecule has 4 rings (SSSR count). The molecule has 41 heavy (non-hydrogen) atoms. The summed E-state index contributed by atoms with van der Waals surface area (Å²) >= 11 is 0. The van der Waals surface area contributed by atoms with Crippen LogP contribution in [-0.4, -0.2) is 45.0 Å². The molecule has 0 amide bonds. The molecule has 4 unspecified atom stereocenters. The molecule has 4 aliphatic rings. The van der Waals surface area contributed by atoms with E-state index in [0.29, 0.717) is 18.6 Å². The average Bonchev–Trinajstić information content (AvgIpc) is 3.29. The first-order chi connectivity index (χ1) is 19.7. The lowest BCUT2D eigenvalue weighted by atomic mass is 9.47. The molecule has 0 aromatic heterocycles. The average molecular weight is 573 g/mol. The number of nitrogens with one attached hydrogen (secondary N) is 2. The van der Waals surface area contributed by atoms with Crippen LogP contribution in [0.25, 0.3) is 0 Å². The maximum absolute atomic E-state index is 12.4. The normalized spacial score (nSPS) is 35.3. The first kappa shape index (κ1) is 32.8. The summed E-state index contributed by atoms with van der Waals surface area (Å²) < 4.78 is 11.2. The Morgan fingerprint density at radius 2 is 1.73 bits per heavy atom. The van der Waals surface area contributed by atoms with Gasteiger partial charge in [-0.05, 0) is 124 Å². The molecule has 5 heteroatoms. The second kappa shape index (κ2) is 15.1. The van der Waals surface area contributed by atoms with Crippen LogP contribution in [0.2, 0.25) is 0 Å². The topological polar surface area (TPSA) is 59.6 Å². The molecule has 0 aliphatic heterocycles. The summed E-state index contributed by atoms with van der Waals surface area (Å²) in [7, 11) is 0. The van der Waals surface area contributed by atoms with E-state index in [2.05, 4.69) is 58.3 Å². The van der Waals surface area contributed by atoms with Gasteiger partial charge in [0.15, 0.2) is 0 Å². The maximum atomic E-state index is 12.4. The van der Waals surface area contributed by atoms with E-state index < -0.39 is 6.16 Å². The molecule has 3 saturated carbocycles. The number of allylic oxidation sites excluding steroid dienone is 1. The highest BCUT2D eigenvalue weighted by molar-refractivity contribution is 5.60. The van der Waals surface area contributed by atoms with Crippen molar-refractivity contribution in [3.63, 3.8) is 0 Å². The van der Waals surface area contributed by atoms with E-state index in [1.165, 1.54) is 57.8 Å². The first-order valence-electron chi connectivity index (χ1n) is 17.6. The minimum atomic E-state index is -0.491. The molecule has 3 fully saturated rings. The van der Waals surface area contributed by atoms with E-state index >= 15 is 0 Å². The number of ether oxygens (including phenoxy) is 2. The molecule has 0 radical (unpaired) electrons. The molecule has 0 bridgehead atoms. The Labute approximate surface area is 252 Å². The maximum Gasteiger partial charge on any atom is 0.508 e. The van der Waals surface area contributed by atoms with Crippen molar-refractivity contribution in [3.8, 4) is 0 Å². The zero-order valence-corrected chi connectivity index (χ0v) is 27.6. The van der Waals surface area contributed by atoms with Crippen LogP contribution in [0.5, 0.6) is 0 Å². The number of unbranched alkanes of at least 4 members (excludes halogenated alkanes) is 1. The highest BCUT2D eigenvalue weighted by Gasteiger charge is 2.59. The van der Waals surface area contributed by atoms with Gasteiger partial charge >= 0.3 is 6.16 Å². The van der Waals surface area contributed by atoms with Gasteiger partial charge in [0.2, 0.25) is 0 Å². The molecule has 0 aromatic carbocycles. The van der Waals surface area contributed by atoms with E-state index in [9.17, 15) is 4.79 Å². The molecular formula is C36H64N2O3. The van der Waals surface area contributed by atoms with Crippen LogP contribution in [0.3, 0.4) is 0 Å². The third kappa shape index (κ3) is 7.91. The van der Waals surface area contributed by atoms with Crippen LogP contribution in [0.1, 0.15) is 125 Å². The largest absolute Gasteiger partial charge is 0.508 e. The Kier molecular flexibility index (Phi) is 12.1. The van der Waals surface area contributed by atoms with Crippen LogP contribution in [0, 0.1) is 46.3 Å². The predicted octanol–water partition coefficient (Wildman–Crippen LogP) is 8.53. The highest BCUT2D eigenvalue weighted by Crippen LogP contribution is 2.67. The van der Waals surface area contributed by atoms with E-state index in [0.717, 1.165) is 80.8 Å². The molecule has 0 spiro atoms. The van der Waals surface area contributed by atoms with E-state index in [4.69, 9.17) is 9.47 Å². The van der Waals surface area contributed by atoms with Crippen LogP contribution in [0.4, 0.5) is 4.79 Å². The molecule has 8 atom stereocenters. The second-order valence-corrected chi connectivity index (χ2v) is 15.2. The van der Waals surface area contributed by atoms with Gasteiger partial charge in [0.05, 0.1) is 0 Å². The Morgan fingerprint density at radius 1 is 0.951 bits per heavy atom. The van der Waals surface area contributed by atoms with Crippen molar-refractivity contribution in [1.82, 2.24) is 10.6 Å². The summed E-state index contributed by atoms with van der Waals surface area (Å²) in [6, 6.07) is 0. The summed E-state index contributed by atoms with van der Waals surface area (Å²) in [5, 5.41) is 6.70. The monoisotopic (exact) mass is 572 g/mol. The van der Waals surface area contributed by atoms with Gasteiger partial charge in [-0.2, -0.15) is 0 Å². The Hall–Kier alpha value is -1.07. The van der Waals surface area contributed by atoms with Crippen molar-refractivity contribution < 1.29 is 14.3 Å². The third-order valence-electron chi connectivity index (χ3n) is 12.2. The quantitative estimate of drug-likeness (QED) is 0.117. The molecular weight excluding hydrogens is 508 g/mol. The highest BCUT2D eigenvalue weighted by atomic mass is 16.7. The first-order valence-corrected chi connectivity index (χ1v) is 17.6. The Balaban J connectivity index is 1.24. The number of fused-ring (bicyclic) bond motifs is 5. The fourth-order valence-corrected chi connectivity index (χ4v) is 9.93. The summed E-state index contributed by atoms with van der Waals surface area (Å²) in [5.41, 5.74) is 2.39. The predicted molar refractivity (Wildman–Crippen MR) is 170 cm³/mol. The minimum Gasteiger partial charge on any atom is -0.433 e. The standard InChI is InChI=1S/C36H64N2O3/c1-7-37-21-8-9-22-38-23-24-40-34(39)41-29-17-19-35(5)28(25-29)13-14-30-32-16-15-31(27(4)12-10-11-26(2)3)36(32,6)20-18-33(30)35/h13,26-27,29-33,37-38H,7-12,14-25H2,1-6H3/t27-,29?,30?,31-,32?,33?,35+,36-/m1/s1. The van der Waals surface area contributed by atoms with Crippen molar-refractivity contribution in [1.29, 1.82) is 0 Å². The van der Waals surface area contributed by atoms with Crippen molar-refractivity contribution in [3.05, 3.63) is 11.6 Å². The molecule has 2 N–H and O–H groups in total. The molecule has 0 aromatic rings. The summed E-state index contributed by atoms with van der Waals surface area (Å²) in [6.07, 6.45) is 18.5. The lowest BCUT2D eigenvalue weighted by Gasteiger charge is -2.58. The van der Waals surface area contributed by atoms with Crippen LogP contribution >= 0.6 is 0 Å². The van der Waals surface area contributed by atoms with Gasteiger partial charge in [0.1, 0.15) is 12.7 Å². The van der Waals surface area contributed by atoms with Crippen molar-refractivity contribution in [2.75, 3.05) is 32.8 Å². The number of hydrogen-bond acceptors (Lipinski definition) is 5. The van der Waals surface area contributed by atoms with Crippen molar-refractivity contribution in [2.24, 2.45) is 46.3 Å². The van der Waals surface area contributed by atoms with Gasteiger partial charge in [-0.1, -0.05) is 72.5 Å². The van der Waals surface area contributed by atoms with Crippen LogP contribution in [0.15, 0.2) is 11.6 Å². The number of carbonyl (C=O) groups is 1. The van der Waals surface area contributed by atoms with Gasteiger partial charge < -0.3 is 20.1 Å². The van der Waals surface area contributed by atoms with Gasteiger partial charge in [0.25, 0.3) is 0 Å². The fourth-order valence-electron chi connectivity index (χ4n) is 9.93. The number of hydrogen-bond donors (Lipinski definition) is 2. The smallest absolute Gasteiger partial charge is 0.433 e. The van der Waals surface area contributed by atoms with Gasteiger partial charge in [-0.3, -0.25) is 0 Å². The van der Waals surface area contributed by atoms with Crippen LogP contribution in [-0.2, 0) is 9.47 Å². The lowest BCUT2D eigenvalue weighted by molar-refractivity contribution is -0.0616. The van der Waals surface area contributed by atoms with E-state index in [1.807, 2.05) is 0 Å². The fraction of sp³-hybridized carbons (Fsp3) is 0.917. The van der Waals surface area contributed by atoms with E-state index in [1.54, 1.807) is 5.57 Å². The summed E-state index contributed by atoms with van der Waals surface area (Å²) in [4.78, 5) is 12.4. The molecule has 236 valence electrons. The van der Waals surface area contributed by atoms with Gasteiger partial charge in [-0.25, -0.2) is 4.79 Å². The Bertz CT molecular complexity index is 858. The zero-order chi connectivity index (χ0) is 29.5. The van der Waals surface area contributed by atoms with Crippen molar-refractivity contribution in [2.45, 2.75) is 131 Å². The summed E-state index contributed by atoms with van der Waals surface area (Å²) in [5.74, 6) is 5.13. The molecule has 0 heterocycles. The van der Waals surface area contributed by atoms with E-state index in [-0.39, 0.29) is 11.5 Å². The SMILES string of the molecule is CCNCCCCNCCOC(=O)OC1CC[C@@]2(C)C(=CCC3C2CC[C@@]2(C)C3CC[C@@H]2[C@H](C)CCCC(C)C)C1. The lowest BCUT2D eigenvalue weighted by Crippen LogP contribution is -2.51. The van der Waals surface area contributed by atoms with Crippen LogP contribution < -0.4 is 10.6 Å². The molecule has 0 saturated heterocycles. The number of rotatable bonds is 15. The summed E-state index contributed by atoms with van der Waals surface area (Å²) in [6.45, 7) is 18.8. The van der Waals surface area contributed by atoms with Crippen molar-refractivity contribution >= 4 is 6.16 Å². The molecule has 4 aliphatic carbocycles. The molecule has 5 nitrogen and oxygen atoms in total. The van der Waals surface area contributed by atoms with Gasteiger partial charge in [-0.15, -0.1) is 0 Å². The number of carbonyl (C=O) groups excluding carboxylic acids is 1. The third-order valence-corrected chi connectivity index (χ3v) is 12.2.